The van der Waals surface area contributed by atoms with Crippen LogP contribution in [-0.2, 0) is 7.05 Å². The fraction of sp³-hybridized carbons (Fsp3) is 0.186. The van der Waals surface area contributed by atoms with Crippen LogP contribution in [0.4, 0.5) is 0 Å². The molecule has 2 heterocycles. The molecule has 6 aromatic carbocycles. The van der Waals surface area contributed by atoms with Gasteiger partial charge in [0.05, 0.1) is 12.6 Å². The van der Waals surface area contributed by atoms with Crippen LogP contribution >= 0.6 is 11.3 Å². The maximum absolute atomic E-state index is 2.59. The van der Waals surface area contributed by atoms with E-state index in [0.29, 0.717) is 11.8 Å². The molecule has 46 heavy (non-hydrogen) atoms. The van der Waals surface area contributed by atoms with E-state index in [1.165, 1.54) is 86.9 Å². The van der Waals surface area contributed by atoms with E-state index < -0.39 is 0 Å². The second-order valence-electron chi connectivity index (χ2n) is 13.3. The van der Waals surface area contributed by atoms with Crippen LogP contribution < -0.4 is 4.57 Å². The van der Waals surface area contributed by atoms with Gasteiger partial charge in [0.25, 0.3) is 5.82 Å². The number of aromatic nitrogens is 2. The van der Waals surface area contributed by atoms with E-state index in [1.807, 2.05) is 11.3 Å². The topological polar surface area (TPSA) is 8.81 Å². The number of thiophene rings is 1. The van der Waals surface area contributed by atoms with Crippen LogP contribution in [-0.4, -0.2) is 4.57 Å². The first-order chi connectivity index (χ1) is 22.3. The average Bonchev–Trinajstić information content (AvgIpc) is 3.56. The third kappa shape index (κ3) is 4.40. The molecule has 3 heteroatoms. The van der Waals surface area contributed by atoms with Crippen molar-refractivity contribution >= 4 is 53.3 Å². The fourth-order valence-corrected chi connectivity index (χ4v) is 8.70. The van der Waals surface area contributed by atoms with E-state index in [9.17, 15) is 0 Å². The molecule has 0 aliphatic carbocycles. The summed E-state index contributed by atoms with van der Waals surface area (Å²) in [5.41, 5.74) is 11.7. The third-order valence-electron chi connectivity index (χ3n) is 9.69. The second kappa shape index (κ2) is 11.0. The molecular weight excluding hydrogens is 577 g/mol. The quantitative estimate of drug-likeness (QED) is 0.170. The largest absolute Gasteiger partial charge is 0.295 e. The van der Waals surface area contributed by atoms with Crippen molar-refractivity contribution in [1.82, 2.24) is 4.57 Å². The summed E-state index contributed by atoms with van der Waals surface area (Å²) < 4.78 is 7.66. The van der Waals surface area contributed by atoms with Gasteiger partial charge >= 0.3 is 0 Å². The van der Waals surface area contributed by atoms with Gasteiger partial charge < -0.3 is 0 Å². The van der Waals surface area contributed by atoms with Gasteiger partial charge in [-0.05, 0) is 82.6 Å². The van der Waals surface area contributed by atoms with Crippen LogP contribution in [0.2, 0.25) is 0 Å². The molecule has 226 valence electrons. The van der Waals surface area contributed by atoms with E-state index >= 15 is 0 Å². The molecule has 2 nitrogen and oxygen atoms in total. The van der Waals surface area contributed by atoms with Crippen molar-refractivity contribution in [3.05, 3.63) is 132 Å². The van der Waals surface area contributed by atoms with Crippen molar-refractivity contribution < 1.29 is 4.57 Å². The van der Waals surface area contributed by atoms with Crippen molar-refractivity contribution in [2.24, 2.45) is 7.05 Å². The first kappa shape index (κ1) is 28.7. The Hall–Kier alpha value is -4.73. The minimum atomic E-state index is 0.348. The lowest BCUT2D eigenvalue weighted by atomic mass is 9.87. The molecule has 0 aliphatic rings. The summed E-state index contributed by atoms with van der Waals surface area (Å²) in [4.78, 5) is 0. The van der Waals surface area contributed by atoms with Crippen molar-refractivity contribution in [3.63, 3.8) is 0 Å². The highest BCUT2D eigenvalue weighted by Gasteiger charge is 2.32. The minimum absolute atomic E-state index is 0.348. The number of rotatable bonds is 5. The highest BCUT2D eigenvalue weighted by atomic mass is 32.1. The Balaban J connectivity index is 1.46. The summed E-state index contributed by atoms with van der Waals surface area (Å²) >= 11 is 1.90. The standard InChI is InChI=1S/C43H39N2S/c1-26(2)34-23-31-16-10-11-17-32(31)41(27(3)4)42(34)45-38-19-13-12-18-37(38)44(6)43(45)35-25-36-33-21-20-30(29-14-8-7-9-15-29)24-40(33)46-39(36)22-28(35)5/h7-27H,1-6H3/q+1. The monoisotopic (exact) mass is 615 g/mol. The molecule has 0 saturated carbocycles. The highest BCUT2D eigenvalue weighted by Crippen LogP contribution is 2.43. The van der Waals surface area contributed by atoms with E-state index in [0.717, 1.165) is 0 Å². The lowest BCUT2D eigenvalue weighted by Gasteiger charge is -2.21. The smallest absolute Gasteiger partial charge is 0.225 e. The number of fused-ring (bicyclic) bond motifs is 5. The molecule has 0 atom stereocenters. The van der Waals surface area contributed by atoms with Crippen molar-refractivity contribution in [3.8, 4) is 28.2 Å². The number of imidazole rings is 1. The van der Waals surface area contributed by atoms with Gasteiger partial charge in [0.1, 0.15) is 5.69 Å². The summed E-state index contributed by atoms with van der Waals surface area (Å²) in [7, 11) is 2.24. The second-order valence-corrected chi connectivity index (χ2v) is 14.4. The third-order valence-corrected chi connectivity index (χ3v) is 10.8. The average molecular weight is 616 g/mol. The Morgan fingerprint density at radius 1 is 0.630 bits per heavy atom. The predicted octanol–water partition coefficient (Wildman–Crippen LogP) is 11.9. The van der Waals surface area contributed by atoms with Gasteiger partial charge in [0.2, 0.25) is 0 Å². The summed E-state index contributed by atoms with van der Waals surface area (Å²) in [5, 5.41) is 5.30. The van der Waals surface area contributed by atoms with E-state index in [2.05, 4.69) is 166 Å². The Morgan fingerprint density at radius 3 is 2.13 bits per heavy atom. The molecule has 8 aromatic rings. The van der Waals surface area contributed by atoms with Gasteiger partial charge in [-0.15, -0.1) is 11.3 Å². The molecule has 0 N–H and O–H groups in total. The number of aryl methyl sites for hydroxylation is 2. The van der Waals surface area contributed by atoms with Gasteiger partial charge in [-0.3, -0.25) is 0 Å². The van der Waals surface area contributed by atoms with E-state index in [4.69, 9.17) is 0 Å². The van der Waals surface area contributed by atoms with Gasteiger partial charge in [-0.25, -0.2) is 4.57 Å². The lowest BCUT2D eigenvalue weighted by Crippen LogP contribution is -2.30. The minimum Gasteiger partial charge on any atom is -0.225 e. The Morgan fingerprint density at radius 2 is 1.35 bits per heavy atom. The number of nitrogens with zero attached hydrogens (tertiary/aromatic N) is 2. The zero-order valence-corrected chi connectivity index (χ0v) is 28.2. The zero-order valence-electron chi connectivity index (χ0n) is 27.4. The summed E-state index contributed by atoms with van der Waals surface area (Å²) in [6.07, 6.45) is 0. The molecule has 0 spiro atoms. The van der Waals surface area contributed by atoms with E-state index in [1.54, 1.807) is 0 Å². The van der Waals surface area contributed by atoms with E-state index in [-0.39, 0.29) is 0 Å². The van der Waals surface area contributed by atoms with Crippen LogP contribution in [0, 0.1) is 6.92 Å². The van der Waals surface area contributed by atoms with Crippen molar-refractivity contribution in [2.45, 2.75) is 46.5 Å². The summed E-state index contributed by atoms with van der Waals surface area (Å²) in [6.45, 7) is 11.6. The molecule has 2 aromatic heterocycles. The number of hydrogen-bond acceptors (Lipinski definition) is 1. The first-order valence-electron chi connectivity index (χ1n) is 16.4. The zero-order chi connectivity index (χ0) is 31.7. The van der Waals surface area contributed by atoms with Crippen LogP contribution in [0.15, 0.2) is 115 Å². The van der Waals surface area contributed by atoms with Crippen molar-refractivity contribution in [2.75, 3.05) is 0 Å². The summed E-state index contributed by atoms with van der Waals surface area (Å²) in [6, 6.07) is 42.8. The Labute approximate surface area is 275 Å². The number of para-hydroxylation sites is 2. The molecular formula is C43H39N2S+. The molecule has 0 aliphatic heterocycles. The van der Waals surface area contributed by atoms with Gasteiger partial charge in [0, 0.05) is 31.3 Å². The van der Waals surface area contributed by atoms with Gasteiger partial charge in [-0.2, -0.15) is 4.57 Å². The number of hydrogen-bond donors (Lipinski definition) is 0. The molecule has 0 fully saturated rings. The molecule has 0 unspecified atom stereocenters. The Bertz CT molecular complexity index is 2440. The normalized spacial score (nSPS) is 12.1. The first-order valence-corrected chi connectivity index (χ1v) is 17.2. The van der Waals surface area contributed by atoms with Crippen LogP contribution in [0.1, 0.15) is 56.2 Å². The fourth-order valence-electron chi connectivity index (χ4n) is 7.48. The lowest BCUT2D eigenvalue weighted by molar-refractivity contribution is -0.633. The van der Waals surface area contributed by atoms with Crippen LogP contribution in [0.5, 0.6) is 0 Å². The SMILES string of the molecule is Cc1cc2sc3cc(-c4ccccc4)ccc3c2cc1-c1n(-c2c(C(C)C)cc3ccccc3c2C(C)C)c2ccccc2[n+]1C. The molecule has 0 saturated heterocycles. The molecule has 0 amide bonds. The van der Waals surface area contributed by atoms with Gasteiger partial charge in [-0.1, -0.05) is 107 Å². The Kier molecular flexibility index (Phi) is 6.84. The summed E-state index contributed by atoms with van der Waals surface area (Å²) in [5.74, 6) is 1.93. The predicted molar refractivity (Wildman–Crippen MR) is 199 cm³/mol. The number of benzene rings is 6. The molecule has 0 radical (unpaired) electrons. The maximum atomic E-state index is 2.59. The maximum Gasteiger partial charge on any atom is 0.295 e. The van der Waals surface area contributed by atoms with Gasteiger partial charge in [0.15, 0.2) is 11.0 Å². The highest BCUT2D eigenvalue weighted by molar-refractivity contribution is 7.25. The van der Waals surface area contributed by atoms with Crippen molar-refractivity contribution in [1.29, 1.82) is 0 Å². The molecule has 8 rings (SSSR count). The van der Waals surface area contributed by atoms with Crippen LogP contribution in [0.3, 0.4) is 0 Å². The van der Waals surface area contributed by atoms with Crippen LogP contribution in [0.25, 0.3) is 70.2 Å². The molecule has 0 bridgehead atoms.